The van der Waals surface area contributed by atoms with E-state index in [1.807, 2.05) is 31.2 Å². The van der Waals surface area contributed by atoms with E-state index >= 15 is 0 Å². The Labute approximate surface area is 114 Å². The number of hydrogen-bond acceptors (Lipinski definition) is 2. The zero-order valence-corrected chi connectivity index (χ0v) is 11.9. The Bertz CT molecular complexity index is 393. The number of alkyl halides is 1. The van der Waals surface area contributed by atoms with Crippen molar-refractivity contribution in [2.24, 2.45) is 0 Å². The molecule has 1 rings (SSSR count). The number of amides is 1. The molecule has 3 nitrogen and oxygen atoms in total. The first-order valence-corrected chi connectivity index (χ1v) is 6.48. The first-order valence-electron chi connectivity index (χ1n) is 6.04. The summed E-state index contributed by atoms with van der Waals surface area (Å²) in [6, 6.07) is 7.58. The van der Waals surface area contributed by atoms with Crippen LogP contribution >= 0.6 is 11.6 Å². The molecular formula is C14H20ClNO2. The minimum atomic E-state index is 0.0804. The number of nitrogens with zero attached hydrogens (tertiary/aromatic N) is 1. The van der Waals surface area contributed by atoms with E-state index in [2.05, 4.69) is 0 Å². The molecule has 1 atom stereocenters. The molecule has 0 saturated heterocycles. The largest absolute Gasteiger partial charge is 0.496 e. The van der Waals surface area contributed by atoms with Crippen LogP contribution in [0.25, 0.3) is 0 Å². The molecule has 100 valence electrons. The van der Waals surface area contributed by atoms with Crippen LogP contribution in [0.15, 0.2) is 24.3 Å². The zero-order chi connectivity index (χ0) is 13.5. The van der Waals surface area contributed by atoms with Crippen LogP contribution in [0.5, 0.6) is 5.75 Å². The Hall–Kier alpha value is -1.22. The molecule has 0 aliphatic heterocycles. The first-order chi connectivity index (χ1) is 8.54. The Morgan fingerprint density at radius 3 is 2.72 bits per heavy atom. The first kappa shape index (κ1) is 14.8. The second-order valence-electron chi connectivity index (χ2n) is 4.37. The van der Waals surface area contributed by atoms with Crippen LogP contribution in [0.3, 0.4) is 0 Å². The number of ether oxygens (including phenoxy) is 1. The average molecular weight is 270 g/mol. The number of para-hydroxylation sites is 1. The Morgan fingerprint density at radius 2 is 2.11 bits per heavy atom. The maximum Gasteiger partial charge on any atom is 0.226 e. The summed E-state index contributed by atoms with van der Waals surface area (Å²) < 4.78 is 5.23. The van der Waals surface area contributed by atoms with Crippen LogP contribution in [0, 0.1) is 0 Å². The highest BCUT2D eigenvalue weighted by Gasteiger charge is 2.12. The zero-order valence-electron chi connectivity index (χ0n) is 11.1. The van der Waals surface area contributed by atoms with Crippen LogP contribution in [-0.4, -0.2) is 36.9 Å². The van der Waals surface area contributed by atoms with Crippen molar-refractivity contribution < 1.29 is 9.53 Å². The van der Waals surface area contributed by atoms with Gasteiger partial charge in [-0.25, -0.2) is 0 Å². The molecule has 0 fully saturated rings. The van der Waals surface area contributed by atoms with Gasteiger partial charge in [-0.15, -0.1) is 11.6 Å². The van der Waals surface area contributed by atoms with E-state index in [-0.39, 0.29) is 11.3 Å². The Morgan fingerprint density at radius 1 is 1.44 bits per heavy atom. The molecule has 1 amide bonds. The van der Waals surface area contributed by atoms with Gasteiger partial charge in [0.2, 0.25) is 5.91 Å². The highest BCUT2D eigenvalue weighted by Crippen LogP contribution is 2.18. The number of carbonyl (C=O) groups excluding carboxylic acids is 1. The molecule has 0 aliphatic carbocycles. The molecule has 1 aromatic carbocycles. The number of halogens is 1. The van der Waals surface area contributed by atoms with Gasteiger partial charge in [0.1, 0.15) is 5.75 Å². The summed E-state index contributed by atoms with van der Waals surface area (Å²) in [6.45, 7) is 2.61. The Balaban J connectivity index is 2.58. The summed E-state index contributed by atoms with van der Waals surface area (Å²) in [7, 11) is 3.42. The average Bonchev–Trinajstić information content (AvgIpc) is 2.36. The Kier molecular flexibility index (Phi) is 5.99. The second-order valence-corrected chi connectivity index (χ2v) is 5.12. The van der Waals surface area contributed by atoms with E-state index in [0.717, 1.165) is 17.7 Å². The third-order valence-corrected chi connectivity index (χ3v) is 3.04. The predicted molar refractivity (Wildman–Crippen MR) is 74.3 cm³/mol. The lowest BCUT2D eigenvalue weighted by molar-refractivity contribution is -0.129. The highest BCUT2D eigenvalue weighted by molar-refractivity contribution is 6.20. The molecule has 0 aliphatic rings. The van der Waals surface area contributed by atoms with Gasteiger partial charge < -0.3 is 9.64 Å². The molecule has 18 heavy (non-hydrogen) atoms. The second kappa shape index (κ2) is 7.27. The third-order valence-electron chi connectivity index (χ3n) is 2.82. The van der Waals surface area contributed by atoms with Crippen LogP contribution in [0.1, 0.15) is 18.9 Å². The number of hydrogen-bond donors (Lipinski definition) is 0. The topological polar surface area (TPSA) is 29.5 Å². The van der Waals surface area contributed by atoms with E-state index in [9.17, 15) is 4.79 Å². The molecule has 0 N–H and O–H groups in total. The normalized spacial score (nSPS) is 12.0. The fourth-order valence-electron chi connectivity index (χ4n) is 1.64. The van der Waals surface area contributed by atoms with Crippen LogP contribution in [0.4, 0.5) is 0 Å². The lowest BCUT2D eigenvalue weighted by atomic mass is 10.1. The minimum absolute atomic E-state index is 0.0804. The number of carbonyl (C=O) groups is 1. The van der Waals surface area contributed by atoms with E-state index < -0.39 is 0 Å². The van der Waals surface area contributed by atoms with E-state index in [1.54, 1.807) is 19.1 Å². The standard InChI is InChI=1S/C14H20ClNO2/c1-11(15)8-9-16(2)14(17)10-12-6-4-5-7-13(12)18-3/h4-7,11H,8-10H2,1-3H3. The SMILES string of the molecule is COc1ccccc1CC(=O)N(C)CCC(C)Cl. The monoisotopic (exact) mass is 269 g/mol. The third kappa shape index (κ3) is 4.57. The van der Waals surface area contributed by atoms with Gasteiger partial charge in [-0.3, -0.25) is 4.79 Å². The molecule has 0 bridgehead atoms. The summed E-state index contributed by atoms with van der Waals surface area (Å²) in [6.07, 6.45) is 1.16. The number of benzene rings is 1. The van der Waals surface area contributed by atoms with Crippen molar-refractivity contribution in [3.8, 4) is 5.75 Å². The summed E-state index contributed by atoms with van der Waals surface area (Å²) >= 11 is 5.88. The maximum atomic E-state index is 12.0. The van der Waals surface area contributed by atoms with Crippen molar-refractivity contribution in [3.63, 3.8) is 0 Å². The summed E-state index contributed by atoms with van der Waals surface area (Å²) in [5, 5.41) is 0.0894. The minimum Gasteiger partial charge on any atom is -0.496 e. The number of rotatable bonds is 6. The fourth-order valence-corrected chi connectivity index (χ4v) is 1.74. The van der Waals surface area contributed by atoms with E-state index in [0.29, 0.717) is 13.0 Å². The molecule has 0 heterocycles. The van der Waals surface area contributed by atoms with Gasteiger partial charge in [0.05, 0.1) is 13.5 Å². The van der Waals surface area contributed by atoms with Gasteiger partial charge in [0, 0.05) is 24.5 Å². The van der Waals surface area contributed by atoms with E-state index in [4.69, 9.17) is 16.3 Å². The quantitative estimate of drug-likeness (QED) is 0.743. The highest BCUT2D eigenvalue weighted by atomic mass is 35.5. The predicted octanol–water partition coefficient (Wildman–Crippen LogP) is 2.71. The van der Waals surface area contributed by atoms with Gasteiger partial charge >= 0.3 is 0 Å². The number of likely N-dealkylation sites (N-methyl/N-ethyl adjacent to an activating group) is 1. The molecular weight excluding hydrogens is 250 g/mol. The van der Waals surface area contributed by atoms with Crippen LogP contribution in [-0.2, 0) is 11.2 Å². The van der Waals surface area contributed by atoms with Crippen molar-refractivity contribution in [1.29, 1.82) is 0 Å². The molecule has 0 radical (unpaired) electrons. The smallest absolute Gasteiger partial charge is 0.226 e. The van der Waals surface area contributed by atoms with Crippen molar-refractivity contribution in [2.45, 2.75) is 25.1 Å². The lowest BCUT2D eigenvalue weighted by Crippen LogP contribution is -2.30. The van der Waals surface area contributed by atoms with Gasteiger partial charge in [-0.1, -0.05) is 18.2 Å². The van der Waals surface area contributed by atoms with Crippen LogP contribution in [0.2, 0.25) is 0 Å². The summed E-state index contributed by atoms with van der Waals surface area (Å²) in [4.78, 5) is 13.7. The van der Waals surface area contributed by atoms with Crippen LogP contribution < -0.4 is 4.74 Å². The molecule has 4 heteroatoms. The van der Waals surface area contributed by atoms with Gasteiger partial charge in [-0.05, 0) is 19.4 Å². The number of methoxy groups -OCH3 is 1. The molecule has 0 spiro atoms. The lowest BCUT2D eigenvalue weighted by Gasteiger charge is -2.18. The molecule has 0 saturated carbocycles. The van der Waals surface area contributed by atoms with Crippen molar-refractivity contribution in [2.75, 3.05) is 20.7 Å². The maximum absolute atomic E-state index is 12.0. The van der Waals surface area contributed by atoms with Gasteiger partial charge in [0.25, 0.3) is 0 Å². The van der Waals surface area contributed by atoms with Gasteiger partial charge in [-0.2, -0.15) is 0 Å². The molecule has 1 aromatic rings. The van der Waals surface area contributed by atoms with Crippen molar-refractivity contribution >= 4 is 17.5 Å². The fraction of sp³-hybridized carbons (Fsp3) is 0.500. The molecule has 1 unspecified atom stereocenters. The van der Waals surface area contributed by atoms with Gasteiger partial charge in [0.15, 0.2) is 0 Å². The van der Waals surface area contributed by atoms with Crippen molar-refractivity contribution in [3.05, 3.63) is 29.8 Å². The van der Waals surface area contributed by atoms with E-state index in [1.165, 1.54) is 0 Å². The summed E-state index contributed by atoms with van der Waals surface area (Å²) in [5.74, 6) is 0.835. The molecule has 0 aromatic heterocycles. The summed E-state index contributed by atoms with van der Waals surface area (Å²) in [5.41, 5.74) is 0.913. The van der Waals surface area contributed by atoms with Crippen molar-refractivity contribution in [1.82, 2.24) is 4.90 Å².